The Balaban J connectivity index is 2.14. The third kappa shape index (κ3) is 3.51. The number of esters is 1. The number of carbonyl (C=O) groups excluding carboxylic acids is 2. The summed E-state index contributed by atoms with van der Waals surface area (Å²) in [5.41, 5.74) is 0. The second kappa shape index (κ2) is 6.87. The van der Waals surface area contributed by atoms with Crippen molar-refractivity contribution in [2.24, 2.45) is 11.8 Å². The molecular weight excluding hydrogens is 296 g/mol. The lowest BCUT2D eigenvalue weighted by molar-refractivity contribution is -0.151. The van der Waals surface area contributed by atoms with Gasteiger partial charge in [0, 0.05) is 18.0 Å². The number of rotatable bonds is 4. The number of nitrogens with zero attached hydrogens (tertiary/aromatic N) is 2. The van der Waals surface area contributed by atoms with Crippen LogP contribution in [0.4, 0.5) is 5.82 Å². The zero-order valence-corrected chi connectivity index (χ0v) is 12.4. The number of pyridine rings is 1. The van der Waals surface area contributed by atoms with Crippen LogP contribution >= 0.6 is 11.8 Å². The van der Waals surface area contributed by atoms with E-state index < -0.39 is 29.8 Å². The molecule has 0 aromatic carbocycles. The van der Waals surface area contributed by atoms with E-state index in [1.165, 1.54) is 6.20 Å². The fraction of sp³-hybridized carbons (Fsp3) is 0.500. The molecule has 1 heterocycles. The Morgan fingerprint density at radius 2 is 2.14 bits per heavy atom. The van der Waals surface area contributed by atoms with Crippen molar-refractivity contribution in [1.29, 1.82) is 0 Å². The minimum absolute atomic E-state index is 0.193. The molecule has 7 heteroatoms. The molecule has 1 aliphatic carbocycles. The molecule has 0 spiro atoms. The molecule has 1 N–H and O–H groups in total. The number of halogens is 1. The first-order chi connectivity index (χ1) is 10.0. The number of ether oxygens (including phenoxy) is 1. The molecule has 21 heavy (non-hydrogen) atoms. The normalized spacial score (nSPS) is 24.6. The fourth-order valence-electron chi connectivity index (χ4n) is 2.52. The highest BCUT2D eigenvalue weighted by molar-refractivity contribution is 6.36. The number of hydrogen-bond donors (Lipinski definition) is 1. The average Bonchev–Trinajstić information content (AvgIpc) is 2.89. The lowest BCUT2D eigenvalue weighted by Crippen LogP contribution is -2.35. The van der Waals surface area contributed by atoms with Crippen LogP contribution in [0.5, 0.6) is 0 Å². The maximum Gasteiger partial charge on any atom is 0.309 e. The zero-order valence-electron chi connectivity index (χ0n) is 11.6. The van der Waals surface area contributed by atoms with E-state index in [-0.39, 0.29) is 25.3 Å². The van der Waals surface area contributed by atoms with Crippen LogP contribution in [-0.2, 0) is 14.3 Å². The monoisotopic (exact) mass is 312 g/mol. The number of aliphatic hydroxyl groups is 1. The summed E-state index contributed by atoms with van der Waals surface area (Å²) in [4.78, 5) is 28.3. The van der Waals surface area contributed by atoms with Crippen LogP contribution in [0.15, 0.2) is 24.4 Å². The second-order valence-electron chi connectivity index (χ2n) is 4.90. The van der Waals surface area contributed by atoms with Crippen molar-refractivity contribution < 1.29 is 19.4 Å². The van der Waals surface area contributed by atoms with E-state index in [9.17, 15) is 14.7 Å². The molecule has 1 aliphatic rings. The van der Waals surface area contributed by atoms with Crippen LogP contribution in [0.2, 0.25) is 0 Å². The van der Waals surface area contributed by atoms with E-state index in [1.807, 2.05) is 0 Å². The standard InChI is InChI=1S/C14H17ClN2O4/c1-2-21-14(20)11-8-9(18)7-10(11)13(19)17(15)12-5-3-4-6-16-12/h3-6,9-11,18H,2,7-8H2,1H3. The van der Waals surface area contributed by atoms with Crippen LogP contribution in [-0.4, -0.2) is 34.7 Å². The highest BCUT2D eigenvalue weighted by atomic mass is 35.5. The molecule has 1 aromatic heterocycles. The van der Waals surface area contributed by atoms with Gasteiger partial charge in [0.2, 0.25) is 5.91 Å². The van der Waals surface area contributed by atoms with E-state index in [0.29, 0.717) is 0 Å². The largest absolute Gasteiger partial charge is 0.466 e. The quantitative estimate of drug-likeness (QED) is 0.673. The number of carbonyl (C=O) groups is 2. The predicted octanol–water partition coefficient (Wildman–Crippen LogP) is 1.52. The molecule has 1 saturated carbocycles. The highest BCUT2D eigenvalue weighted by Gasteiger charge is 2.44. The first-order valence-corrected chi connectivity index (χ1v) is 7.13. The Morgan fingerprint density at radius 3 is 2.76 bits per heavy atom. The van der Waals surface area contributed by atoms with Crippen LogP contribution in [0.3, 0.4) is 0 Å². The minimum Gasteiger partial charge on any atom is -0.466 e. The summed E-state index contributed by atoms with van der Waals surface area (Å²) in [7, 11) is 0. The van der Waals surface area contributed by atoms with Gasteiger partial charge in [-0.3, -0.25) is 9.59 Å². The molecular formula is C14H17ClN2O4. The van der Waals surface area contributed by atoms with Crippen molar-refractivity contribution >= 4 is 29.5 Å². The smallest absolute Gasteiger partial charge is 0.309 e. The number of aliphatic hydroxyl groups excluding tert-OH is 1. The van der Waals surface area contributed by atoms with Gasteiger partial charge in [0.05, 0.1) is 24.5 Å². The van der Waals surface area contributed by atoms with Gasteiger partial charge in [-0.2, -0.15) is 0 Å². The molecule has 114 valence electrons. The van der Waals surface area contributed by atoms with Gasteiger partial charge in [0.25, 0.3) is 0 Å². The molecule has 3 atom stereocenters. The topological polar surface area (TPSA) is 79.7 Å². The molecule has 0 bridgehead atoms. The number of hydrogen-bond acceptors (Lipinski definition) is 5. The molecule has 0 radical (unpaired) electrons. The molecule has 1 amide bonds. The molecule has 6 nitrogen and oxygen atoms in total. The Morgan fingerprint density at radius 1 is 1.43 bits per heavy atom. The summed E-state index contributed by atoms with van der Waals surface area (Å²) in [6.45, 7) is 1.93. The average molecular weight is 313 g/mol. The summed E-state index contributed by atoms with van der Waals surface area (Å²) >= 11 is 6.02. The van der Waals surface area contributed by atoms with E-state index in [1.54, 1.807) is 25.1 Å². The van der Waals surface area contributed by atoms with Gasteiger partial charge in [-0.15, -0.1) is 0 Å². The van der Waals surface area contributed by atoms with Gasteiger partial charge >= 0.3 is 5.97 Å². The van der Waals surface area contributed by atoms with Crippen LogP contribution in [0, 0.1) is 11.8 Å². The van der Waals surface area contributed by atoms with Crippen LogP contribution in [0.25, 0.3) is 0 Å². The molecule has 1 fully saturated rings. The van der Waals surface area contributed by atoms with Crippen molar-refractivity contribution in [3.8, 4) is 0 Å². The van der Waals surface area contributed by atoms with Crippen molar-refractivity contribution in [2.75, 3.05) is 11.0 Å². The molecule has 3 unspecified atom stereocenters. The molecule has 2 rings (SSSR count). The lowest BCUT2D eigenvalue weighted by atomic mass is 9.95. The summed E-state index contributed by atoms with van der Waals surface area (Å²) in [6, 6.07) is 5.01. The third-order valence-corrected chi connectivity index (χ3v) is 3.83. The predicted molar refractivity (Wildman–Crippen MR) is 76.4 cm³/mol. The highest BCUT2D eigenvalue weighted by Crippen LogP contribution is 2.35. The Bertz CT molecular complexity index is 511. The summed E-state index contributed by atoms with van der Waals surface area (Å²) < 4.78 is 5.86. The van der Waals surface area contributed by atoms with Gasteiger partial charge in [-0.25, -0.2) is 9.40 Å². The first-order valence-electron chi connectivity index (χ1n) is 6.80. The second-order valence-corrected chi connectivity index (χ2v) is 5.24. The Labute approximate surface area is 127 Å². The Kier molecular flexibility index (Phi) is 5.14. The van der Waals surface area contributed by atoms with Gasteiger partial charge in [-0.1, -0.05) is 6.07 Å². The molecule has 1 aromatic rings. The first kappa shape index (κ1) is 15.7. The number of anilines is 1. The fourth-order valence-corrected chi connectivity index (χ4v) is 2.75. The molecule has 0 saturated heterocycles. The van der Waals surface area contributed by atoms with Gasteiger partial charge in [0.15, 0.2) is 5.82 Å². The van der Waals surface area contributed by atoms with Crippen molar-refractivity contribution in [3.05, 3.63) is 24.4 Å². The molecule has 0 aliphatic heterocycles. The van der Waals surface area contributed by atoms with E-state index in [2.05, 4.69) is 4.98 Å². The van der Waals surface area contributed by atoms with Crippen molar-refractivity contribution in [2.45, 2.75) is 25.9 Å². The summed E-state index contributed by atoms with van der Waals surface area (Å²) in [5, 5.41) is 9.75. The zero-order chi connectivity index (χ0) is 15.4. The van der Waals surface area contributed by atoms with Crippen LogP contribution in [0.1, 0.15) is 19.8 Å². The SMILES string of the molecule is CCOC(=O)C1CC(O)CC1C(=O)N(Cl)c1ccccn1. The summed E-state index contributed by atoms with van der Waals surface area (Å²) in [5.74, 6) is -2.01. The van der Waals surface area contributed by atoms with Gasteiger partial charge in [-0.05, 0) is 31.9 Å². The lowest BCUT2D eigenvalue weighted by Gasteiger charge is -2.21. The maximum atomic E-state index is 12.4. The maximum absolute atomic E-state index is 12.4. The van der Waals surface area contributed by atoms with Gasteiger partial charge in [0.1, 0.15) is 0 Å². The van der Waals surface area contributed by atoms with Crippen molar-refractivity contribution in [1.82, 2.24) is 4.98 Å². The van der Waals surface area contributed by atoms with E-state index in [0.717, 1.165) is 4.42 Å². The summed E-state index contributed by atoms with van der Waals surface area (Å²) in [6.07, 6.45) is 1.22. The van der Waals surface area contributed by atoms with Gasteiger partial charge < -0.3 is 9.84 Å². The minimum atomic E-state index is -0.706. The van der Waals surface area contributed by atoms with Crippen LogP contribution < -0.4 is 4.42 Å². The number of aromatic nitrogens is 1. The number of amides is 1. The van der Waals surface area contributed by atoms with E-state index >= 15 is 0 Å². The van der Waals surface area contributed by atoms with Crippen molar-refractivity contribution in [3.63, 3.8) is 0 Å². The third-order valence-electron chi connectivity index (χ3n) is 3.49. The Hall–Kier alpha value is -1.66. The van der Waals surface area contributed by atoms with E-state index in [4.69, 9.17) is 16.5 Å².